The molecular weight excluding hydrogens is 340 g/mol. The second-order valence-electron chi connectivity index (χ2n) is 8.66. The summed E-state index contributed by atoms with van der Waals surface area (Å²) in [6, 6.07) is 0. The Morgan fingerprint density at radius 2 is 1.67 bits per heavy atom. The Morgan fingerprint density at radius 1 is 1.07 bits per heavy atom. The number of hydrogen-bond donors (Lipinski definition) is 1. The maximum atomic E-state index is 12.7. The minimum atomic E-state index is -0.233. The highest BCUT2D eigenvalue weighted by Crippen LogP contribution is 2.46. The lowest BCUT2D eigenvalue weighted by molar-refractivity contribution is -0.124. The average Bonchev–Trinajstić information content (AvgIpc) is 2.89. The summed E-state index contributed by atoms with van der Waals surface area (Å²) in [6.45, 7) is 12.3. The standard InChI is InChI=1S/C23H30O4/c1-7-8-17(24)21-18(25)9-15(10-19(21)26)20-12(2)13(3)22-16(14(20)4)11-23(5,6)27-22/h15,24H,7-11H2,1-6H3. The molecule has 0 atom stereocenters. The number of ketones is 2. The van der Waals surface area contributed by atoms with Crippen LogP contribution in [0.4, 0.5) is 0 Å². The van der Waals surface area contributed by atoms with E-state index in [4.69, 9.17) is 4.74 Å². The summed E-state index contributed by atoms with van der Waals surface area (Å²) in [5, 5.41) is 10.1. The smallest absolute Gasteiger partial charge is 0.170 e. The fourth-order valence-corrected chi connectivity index (χ4v) is 4.68. The van der Waals surface area contributed by atoms with Crippen molar-refractivity contribution in [3.05, 3.63) is 39.1 Å². The Kier molecular flexibility index (Phi) is 4.96. The van der Waals surface area contributed by atoms with Gasteiger partial charge in [0.1, 0.15) is 17.1 Å². The second-order valence-corrected chi connectivity index (χ2v) is 8.66. The first-order valence-corrected chi connectivity index (χ1v) is 9.87. The highest BCUT2D eigenvalue weighted by atomic mass is 16.5. The van der Waals surface area contributed by atoms with Crippen LogP contribution in [0, 0.1) is 20.8 Å². The molecule has 1 aromatic rings. The Labute approximate surface area is 161 Å². The van der Waals surface area contributed by atoms with Crippen molar-refractivity contribution >= 4 is 11.6 Å². The third-order valence-electron chi connectivity index (χ3n) is 6.02. The summed E-state index contributed by atoms with van der Waals surface area (Å²) >= 11 is 0. The maximum Gasteiger partial charge on any atom is 0.170 e. The van der Waals surface area contributed by atoms with Crippen LogP contribution < -0.4 is 4.74 Å². The molecule has 0 aromatic heterocycles. The van der Waals surface area contributed by atoms with Gasteiger partial charge in [0.25, 0.3) is 0 Å². The lowest BCUT2D eigenvalue weighted by Crippen LogP contribution is -2.27. The van der Waals surface area contributed by atoms with Gasteiger partial charge in [0, 0.05) is 31.2 Å². The second kappa shape index (κ2) is 6.81. The van der Waals surface area contributed by atoms with Gasteiger partial charge in [-0.15, -0.1) is 0 Å². The van der Waals surface area contributed by atoms with E-state index in [1.165, 1.54) is 5.56 Å². The van der Waals surface area contributed by atoms with E-state index in [-0.39, 0.29) is 47.3 Å². The number of ether oxygens (including phenoxy) is 1. The zero-order valence-electron chi connectivity index (χ0n) is 17.3. The van der Waals surface area contributed by atoms with Crippen molar-refractivity contribution in [1.82, 2.24) is 0 Å². The van der Waals surface area contributed by atoms with Gasteiger partial charge < -0.3 is 9.84 Å². The summed E-state index contributed by atoms with van der Waals surface area (Å²) in [5.41, 5.74) is 5.48. The van der Waals surface area contributed by atoms with Gasteiger partial charge in [-0.3, -0.25) is 9.59 Å². The Balaban J connectivity index is 2.03. The Hall–Kier alpha value is -2.10. The zero-order valence-corrected chi connectivity index (χ0v) is 17.3. The molecule has 4 nitrogen and oxygen atoms in total. The molecule has 1 saturated carbocycles. The highest BCUT2D eigenvalue weighted by molar-refractivity contribution is 6.22. The number of fused-ring (bicyclic) bond motifs is 1. The number of aliphatic hydroxyl groups excluding tert-OH is 1. The van der Waals surface area contributed by atoms with Crippen LogP contribution in [0.3, 0.4) is 0 Å². The Bertz CT molecular complexity index is 838. The first kappa shape index (κ1) is 19.7. The van der Waals surface area contributed by atoms with Gasteiger partial charge in [-0.1, -0.05) is 6.92 Å². The van der Waals surface area contributed by atoms with Gasteiger partial charge in [-0.25, -0.2) is 0 Å². The summed E-state index contributed by atoms with van der Waals surface area (Å²) in [5.74, 6) is 0.343. The average molecular weight is 370 g/mol. The van der Waals surface area contributed by atoms with Gasteiger partial charge in [-0.2, -0.15) is 0 Å². The third kappa shape index (κ3) is 3.30. The Morgan fingerprint density at radius 3 is 2.22 bits per heavy atom. The van der Waals surface area contributed by atoms with Crippen molar-refractivity contribution in [3.8, 4) is 5.75 Å². The predicted octanol–water partition coefficient (Wildman–Crippen LogP) is 4.95. The molecule has 4 heteroatoms. The van der Waals surface area contributed by atoms with E-state index in [0.717, 1.165) is 34.4 Å². The molecule has 0 amide bonds. The molecule has 0 saturated heterocycles. The molecule has 1 fully saturated rings. The largest absolute Gasteiger partial charge is 0.511 e. The topological polar surface area (TPSA) is 63.6 Å². The van der Waals surface area contributed by atoms with Crippen LogP contribution in [0.25, 0.3) is 0 Å². The van der Waals surface area contributed by atoms with Crippen molar-refractivity contribution in [2.24, 2.45) is 0 Å². The SMILES string of the molecule is CCCC(O)=C1C(=O)CC(c2c(C)c(C)c3c(c2C)CC(C)(C)O3)CC1=O. The van der Waals surface area contributed by atoms with Crippen molar-refractivity contribution in [1.29, 1.82) is 0 Å². The van der Waals surface area contributed by atoms with Crippen LogP contribution in [0.2, 0.25) is 0 Å². The molecule has 146 valence electrons. The summed E-state index contributed by atoms with van der Waals surface area (Å²) in [6.07, 6.45) is 2.47. The van der Waals surface area contributed by atoms with Crippen LogP contribution in [0.15, 0.2) is 11.3 Å². The van der Waals surface area contributed by atoms with E-state index < -0.39 is 0 Å². The number of rotatable bonds is 3. The van der Waals surface area contributed by atoms with E-state index in [2.05, 4.69) is 34.6 Å². The summed E-state index contributed by atoms with van der Waals surface area (Å²) in [4.78, 5) is 25.4. The van der Waals surface area contributed by atoms with Gasteiger partial charge in [0.05, 0.1) is 5.57 Å². The van der Waals surface area contributed by atoms with Gasteiger partial charge in [0.15, 0.2) is 11.6 Å². The minimum absolute atomic E-state index is 0.0331. The van der Waals surface area contributed by atoms with Crippen molar-refractivity contribution in [3.63, 3.8) is 0 Å². The lowest BCUT2D eigenvalue weighted by Gasteiger charge is -2.28. The molecule has 1 heterocycles. The molecule has 3 rings (SSSR count). The minimum Gasteiger partial charge on any atom is -0.511 e. The summed E-state index contributed by atoms with van der Waals surface area (Å²) < 4.78 is 6.17. The number of hydrogen-bond acceptors (Lipinski definition) is 4. The number of carbonyl (C=O) groups is 2. The normalized spacial score (nSPS) is 21.3. The van der Waals surface area contributed by atoms with Crippen LogP contribution >= 0.6 is 0 Å². The molecule has 1 N–H and O–H groups in total. The maximum absolute atomic E-state index is 12.7. The first-order valence-electron chi connectivity index (χ1n) is 9.87. The van der Waals surface area contributed by atoms with E-state index in [1.54, 1.807) is 0 Å². The van der Waals surface area contributed by atoms with Gasteiger partial charge in [-0.05, 0) is 69.2 Å². The number of carbonyl (C=O) groups excluding carboxylic acids is 2. The molecule has 1 aliphatic carbocycles. The lowest BCUT2D eigenvalue weighted by atomic mass is 9.74. The summed E-state index contributed by atoms with van der Waals surface area (Å²) in [7, 11) is 0. The van der Waals surface area contributed by atoms with Crippen LogP contribution in [0.5, 0.6) is 5.75 Å². The number of benzene rings is 1. The third-order valence-corrected chi connectivity index (χ3v) is 6.02. The van der Waals surface area contributed by atoms with E-state index in [0.29, 0.717) is 12.8 Å². The van der Waals surface area contributed by atoms with Gasteiger partial charge in [0.2, 0.25) is 0 Å². The van der Waals surface area contributed by atoms with Crippen LogP contribution in [-0.4, -0.2) is 22.3 Å². The first-order chi connectivity index (χ1) is 12.6. The molecule has 0 spiro atoms. The van der Waals surface area contributed by atoms with Crippen molar-refractivity contribution in [2.75, 3.05) is 0 Å². The number of Topliss-reactive ketones (excluding diaryl/α,β-unsaturated/α-hetero) is 2. The molecule has 2 aliphatic rings. The molecule has 0 bridgehead atoms. The monoisotopic (exact) mass is 370 g/mol. The quantitative estimate of drug-likeness (QED) is 0.464. The van der Waals surface area contributed by atoms with Crippen LogP contribution in [-0.2, 0) is 16.0 Å². The molecule has 1 aromatic carbocycles. The van der Waals surface area contributed by atoms with Crippen molar-refractivity contribution < 1.29 is 19.4 Å². The molecule has 1 aliphatic heterocycles. The van der Waals surface area contributed by atoms with E-state index in [1.807, 2.05) is 6.92 Å². The fraction of sp³-hybridized carbons (Fsp3) is 0.565. The zero-order chi connectivity index (χ0) is 20.1. The van der Waals surface area contributed by atoms with E-state index in [9.17, 15) is 14.7 Å². The highest BCUT2D eigenvalue weighted by Gasteiger charge is 2.39. The molecular formula is C23H30O4. The predicted molar refractivity (Wildman–Crippen MR) is 106 cm³/mol. The van der Waals surface area contributed by atoms with Crippen molar-refractivity contribution in [2.45, 2.75) is 85.2 Å². The van der Waals surface area contributed by atoms with E-state index >= 15 is 0 Å². The number of allylic oxidation sites excluding steroid dienone is 2. The van der Waals surface area contributed by atoms with Crippen LogP contribution in [0.1, 0.15) is 80.2 Å². The number of aliphatic hydroxyl groups is 1. The molecule has 0 unspecified atom stereocenters. The molecule has 27 heavy (non-hydrogen) atoms. The van der Waals surface area contributed by atoms with Gasteiger partial charge >= 0.3 is 0 Å². The fourth-order valence-electron chi connectivity index (χ4n) is 4.68. The molecule has 0 radical (unpaired) electrons.